The fourth-order valence-corrected chi connectivity index (χ4v) is 4.52. The molecule has 180 valence electrons. The van der Waals surface area contributed by atoms with Crippen LogP contribution in [0.1, 0.15) is 49.0 Å². The SMILES string of the molecule is CCC(S)c1cnc(N2CCC(N(C)C(=O)NC3C=CC(c4cccc(F)c4)=CC3)CC2)nc1. The molecule has 0 bridgehead atoms. The molecule has 1 N–H and O–H groups in total. The van der Waals surface area contributed by atoms with Gasteiger partial charge in [-0.2, -0.15) is 12.6 Å². The highest BCUT2D eigenvalue weighted by molar-refractivity contribution is 7.80. The number of amides is 2. The predicted molar refractivity (Wildman–Crippen MR) is 138 cm³/mol. The molecule has 0 saturated carbocycles. The molecule has 1 aromatic carbocycles. The molecule has 1 aliphatic carbocycles. The number of anilines is 1. The van der Waals surface area contributed by atoms with Gasteiger partial charge in [0, 0.05) is 49.4 Å². The van der Waals surface area contributed by atoms with Crippen molar-refractivity contribution in [2.45, 2.75) is 49.9 Å². The van der Waals surface area contributed by atoms with Crippen molar-refractivity contribution in [3.8, 4) is 0 Å². The summed E-state index contributed by atoms with van der Waals surface area (Å²) < 4.78 is 13.5. The van der Waals surface area contributed by atoms with Crippen molar-refractivity contribution in [3.05, 3.63) is 71.8 Å². The van der Waals surface area contributed by atoms with E-state index in [2.05, 4.69) is 39.7 Å². The summed E-state index contributed by atoms with van der Waals surface area (Å²) in [4.78, 5) is 25.9. The van der Waals surface area contributed by atoms with Gasteiger partial charge < -0.3 is 15.1 Å². The quantitative estimate of drug-likeness (QED) is 0.569. The summed E-state index contributed by atoms with van der Waals surface area (Å²) in [7, 11) is 1.86. The summed E-state index contributed by atoms with van der Waals surface area (Å²) in [5.41, 5.74) is 2.86. The first-order chi connectivity index (χ1) is 16.4. The summed E-state index contributed by atoms with van der Waals surface area (Å²) in [6.07, 6.45) is 13.0. The first-order valence-electron chi connectivity index (χ1n) is 11.9. The van der Waals surface area contributed by atoms with E-state index in [0.717, 1.165) is 55.0 Å². The van der Waals surface area contributed by atoms with Gasteiger partial charge >= 0.3 is 6.03 Å². The minimum atomic E-state index is -0.249. The Morgan fingerprint density at radius 2 is 2.03 bits per heavy atom. The number of carbonyl (C=O) groups excluding carboxylic acids is 1. The lowest BCUT2D eigenvalue weighted by molar-refractivity contribution is 0.177. The summed E-state index contributed by atoms with van der Waals surface area (Å²) in [5, 5.41) is 3.26. The Bertz CT molecular complexity index is 1050. The maximum absolute atomic E-state index is 13.5. The number of benzene rings is 1. The van der Waals surface area contributed by atoms with Crippen molar-refractivity contribution in [1.82, 2.24) is 20.2 Å². The van der Waals surface area contributed by atoms with Crippen molar-refractivity contribution < 1.29 is 9.18 Å². The van der Waals surface area contributed by atoms with Gasteiger partial charge in [-0.25, -0.2) is 19.2 Å². The largest absolute Gasteiger partial charge is 0.341 e. The summed E-state index contributed by atoms with van der Waals surface area (Å²) in [6, 6.07) is 6.58. The van der Waals surface area contributed by atoms with Gasteiger partial charge in [0.1, 0.15) is 5.82 Å². The van der Waals surface area contributed by atoms with Crippen LogP contribution >= 0.6 is 12.6 Å². The lowest BCUT2D eigenvalue weighted by atomic mass is 9.97. The fourth-order valence-electron chi connectivity index (χ4n) is 4.39. The number of hydrogen-bond donors (Lipinski definition) is 2. The van der Waals surface area contributed by atoms with E-state index in [1.165, 1.54) is 12.1 Å². The monoisotopic (exact) mass is 481 g/mol. The second kappa shape index (κ2) is 11.0. The number of nitrogens with zero attached hydrogens (tertiary/aromatic N) is 4. The van der Waals surface area contributed by atoms with Crippen LogP contribution in [0.25, 0.3) is 5.57 Å². The van der Waals surface area contributed by atoms with Gasteiger partial charge in [0.05, 0.1) is 6.04 Å². The molecule has 34 heavy (non-hydrogen) atoms. The van der Waals surface area contributed by atoms with Crippen LogP contribution in [0.15, 0.2) is 54.9 Å². The number of aromatic nitrogens is 2. The topological polar surface area (TPSA) is 61.4 Å². The number of halogens is 1. The maximum atomic E-state index is 13.5. The van der Waals surface area contributed by atoms with Gasteiger partial charge in [-0.05, 0) is 49.0 Å². The lowest BCUT2D eigenvalue weighted by Crippen LogP contribution is -2.51. The van der Waals surface area contributed by atoms with Crippen LogP contribution in [-0.2, 0) is 0 Å². The predicted octanol–water partition coefficient (Wildman–Crippen LogP) is 5.02. The van der Waals surface area contributed by atoms with E-state index in [9.17, 15) is 9.18 Å². The summed E-state index contributed by atoms with van der Waals surface area (Å²) >= 11 is 4.55. The average molecular weight is 482 g/mol. The fraction of sp³-hybridized carbons (Fsp3) is 0.423. The molecule has 6 nitrogen and oxygen atoms in total. The average Bonchev–Trinajstić information content (AvgIpc) is 2.88. The van der Waals surface area contributed by atoms with Crippen molar-refractivity contribution in [2.75, 3.05) is 25.0 Å². The van der Waals surface area contributed by atoms with Crippen molar-refractivity contribution in [3.63, 3.8) is 0 Å². The van der Waals surface area contributed by atoms with Gasteiger partial charge in [0.2, 0.25) is 5.95 Å². The first kappa shape index (κ1) is 24.3. The van der Waals surface area contributed by atoms with Crippen LogP contribution in [0.5, 0.6) is 0 Å². The third-order valence-electron chi connectivity index (χ3n) is 6.61. The van der Waals surface area contributed by atoms with Gasteiger partial charge in [-0.15, -0.1) is 0 Å². The van der Waals surface area contributed by atoms with Crippen LogP contribution in [0.2, 0.25) is 0 Å². The molecule has 4 rings (SSSR count). The van der Waals surface area contributed by atoms with Crippen LogP contribution in [-0.4, -0.2) is 53.1 Å². The van der Waals surface area contributed by atoms with Gasteiger partial charge in [0.15, 0.2) is 0 Å². The summed E-state index contributed by atoms with van der Waals surface area (Å²) in [5.74, 6) is 0.487. The number of thiol groups is 1. The Labute approximate surface area is 206 Å². The number of nitrogens with one attached hydrogen (secondary N) is 1. The number of urea groups is 1. The Morgan fingerprint density at radius 1 is 1.29 bits per heavy atom. The molecule has 1 saturated heterocycles. The van der Waals surface area contributed by atoms with E-state index in [1.807, 2.05) is 48.6 Å². The molecular weight excluding hydrogens is 449 g/mol. The molecule has 8 heteroatoms. The number of rotatable bonds is 6. The Morgan fingerprint density at radius 3 is 2.65 bits per heavy atom. The van der Waals surface area contributed by atoms with E-state index in [4.69, 9.17) is 0 Å². The smallest absolute Gasteiger partial charge is 0.317 e. The molecule has 2 amide bonds. The molecule has 2 heterocycles. The molecular formula is C26H32FN5OS. The van der Waals surface area contributed by atoms with Crippen molar-refractivity contribution >= 4 is 30.2 Å². The molecule has 1 aliphatic heterocycles. The highest BCUT2D eigenvalue weighted by atomic mass is 32.1. The number of hydrogen-bond acceptors (Lipinski definition) is 5. The Hall–Kier alpha value is -2.87. The third-order valence-corrected chi connectivity index (χ3v) is 7.27. The number of carbonyl (C=O) groups is 1. The van der Waals surface area contributed by atoms with E-state index in [-0.39, 0.29) is 29.2 Å². The molecule has 0 spiro atoms. The standard InChI is InChI=1S/C26H32FN5OS/c1-3-24(34)20-16-28-25(29-17-20)32-13-11-23(12-14-32)31(2)26(33)30-22-9-7-18(8-10-22)19-5-4-6-21(27)15-19/h4-9,15-17,22-24,34H,3,10-14H2,1-2H3,(H,30,33). The Balaban J connectivity index is 1.25. The van der Waals surface area contributed by atoms with Crippen molar-refractivity contribution in [2.24, 2.45) is 0 Å². The molecule has 2 aliphatic rings. The van der Waals surface area contributed by atoms with Crippen LogP contribution in [0.4, 0.5) is 15.1 Å². The van der Waals surface area contributed by atoms with E-state index < -0.39 is 0 Å². The van der Waals surface area contributed by atoms with Crippen LogP contribution < -0.4 is 10.2 Å². The van der Waals surface area contributed by atoms with E-state index in [0.29, 0.717) is 6.42 Å². The minimum Gasteiger partial charge on any atom is -0.341 e. The second-order valence-corrected chi connectivity index (χ2v) is 9.51. The molecule has 1 aromatic heterocycles. The summed E-state index contributed by atoms with van der Waals surface area (Å²) in [6.45, 7) is 3.71. The Kier molecular flexibility index (Phi) is 7.88. The first-order valence-corrected chi connectivity index (χ1v) is 12.4. The molecule has 0 radical (unpaired) electrons. The van der Waals surface area contributed by atoms with Gasteiger partial charge in [-0.3, -0.25) is 0 Å². The highest BCUT2D eigenvalue weighted by Gasteiger charge is 2.27. The zero-order valence-corrected chi connectivity index (χ0v) is 20.6. The molecule has 1 fully saturated rings. The zero-order chi connectivity index (χ0) is 24.1. The van der Waals surface area contributed by atoms with E-state index >= 15 is 0 Å². The normalized spacial score (nSPS) is 19.5. The van der Waals surface area contributed by atoms with Gasteiger partial charge in [-0.1, -0.05) is 37.3 Å². The number of piperidine rings is 1. The maximum Gasteiger partial charge on any atom is 0.317 e. The second-order valence-electron chi connectivity index (χ2n) is 8.89. The van der Waals surface area contributed by atoms with Gasteiger partial charge in [0.25, 0.3) is 0 Å². The molecule has 2 unspecified atom stereocenters. The van der Waals surface area contributed by atoms with Crippen LogP contribution in [0, 0.1) is 5.82 Å². The minimum absolute atomic E-state index is 0.0713. The third kappa shape index (κ3) is 5.78. The zero-order valence-electron chi connectivity index (χ0n) is 19.7. The van der Waals surface area contributed by atoms with E-state index in [1.54, 1.807) is 6.07 Å². The van der Waals surface area contributed by atoms with Crippen LogP contribution in [0.3, 0.4) is 0 Å². The highest BCUT2D eigenvalue weighted by Crippen LogP contribution is 2.25. The molecule has 2 atom stereocenters. The number of allylic oxidation sites excluding steroid dienone is 2. The van der Waals surface area contributed by atoms with Crippen molar-refractivity contribution in [1.29, 1.82) is 0 Å². The lowest BCUT2D eigenvalue weighted by Gasteiger charge is -2.37. The molecule has 2 aromatic rings.